The van der Waals surface area contributed by atoms with E-state index in [0.717, 1.165) is 30.8 Å². The van der Waals surface area contributed by atoms with Crippen LogP contribution in [0.2, 0.25) is 0 Å². The third-order valence-electron chi connectivity index (χ3n) is 5.77. The molecule has 3 aliphatic carbocycles. The largest absolute Gasteiger partial charge is 0.313 e. The van der Waals surface area contributed by atoms with Crippen LogP contribution in [0.3, 0.4) is 0 Å². The minimum atomic E-state index is -2.81. The van der Waals surface area contributed by atoms with Crippen LogP contribution in [0.25, 0.3) is 0 Å². The Bertz CT molecular complexity index is 429. The smallest absolute Gasteiger partial charge is 0.150 e. The minimum absolute atomic E-state index is 0.299. The summed E-state index contributed by atoms with van der Waals surface area (Å²) in [6.07, 6.45) is 8.88. The van der Waals surface area contributed by atoms with Gasteiger partial charge in [-0.05, 0) is 55.8 Å². The van der Waals surface area contributed by atoms with Gasteiger partial charge in [-0.2, -0.15) is 0 Å². The Kier molecular flexibility index (Phi) is 3.67. The molecule has 3 nitrogen and oxygen atoms in total. The molecule has 0 aliphatic heterocycles. The topological polar surface area (TPSA) is 46.2 Å². The minimum Gasteiger partial charge on any atom is -0.313 e. The highest BCUT2D eigenvalue weighted by molar-refractivity contribution is 7.91. The van der Waals surface area contributed by atoms with E-state index in [2.05, 4.69) is 5.32 Å². The van der Waals surface area contributed by atoms with Crippen molar-refractivity contribution in [3.05, 3.63) is 0 Å². The molecule has 0 radical (unpaired) electrons. The molecular formula is C15H27NO2S. The molecule has 0 aromatic heterocycles. The summed E-state index contributed by atoms with van der Waals surface area (Å²) in [7, 11) is -2.81. The molecule has 3 saturated carbocycles. The lowest BCUT2D eigenvalue weighted by molar-refractivity contribution is 0.150. The van der Waals surface area contributed by atoms with Crippen molar-refractivity contribution in [1.29, 1.82) is 0 Å². The Morgan fingerprint density at radius 3 is 2.53 bits per heavy atom. The predicted octanol–water partition coefficient (Wildman–Crippen LogP) is 2.37. The highest BCUT2D eigenvalue weighted by Crippen LogP contribution is 2.57. The summed E-state index contributed by atoms with van der Waals surface area (Å²) in [5.41, 5.74) is 0.299. The maximum absolute atomic E-state index is 11.8. The van der Waals surface area contributed by atoms with Gasteiger partial charge in [-0.3, -0.25) is 0 Å². The van der Waals surface area contributed by atoms with E-state index in [0.29, 0.717) is 16.9 Å². The van der Waals surface area contributed by atoms with Crippen LogP contribution in [0.1, 0.15) is 51.9 Å². The summed E-state index contributed by atoms with van der Waals surface area (Å²) in [6, 6.07) is 0.735. The molecule has 3 unspecified atom stereocenters. The Balaban J connectivity index is 1.65. The van der Waals surface area contributed by atoms with Gasteiger partial charge in [-0.15, -0.1) is 0 Å². The van der Waals surface area contributed by atoms with Crippen molar-refractivity contribution >= 4 is 9.84 Å². The molecule has 0 amide bonds. The lowest BCUT2D eigenvalue weighted by Gasteiger charge is -2.38. The second-order valence-electron chi connectivity index (χ2n) is 7.08. The SMILES string of the molecule is CCS(=O)(=O)CCC1(CNC2CC2)CC2CCC1C2. The van der Waals surface area contributed by atoms with Crippen molar-refractivity contribution in [2.45, 2.75) is 57.9 Å². The molecule has 0 aromatic rings. The van der Waals surface area contributed by atoms with Gasteiger partial charge in [0.1, 0.15) is 9.84 Å². The average Bonchev–Trinajstić information content (AvgIpc) is 3.03. The van der Waals surface area contributed by atoms with Crippen molar-refractivity contribution in [3.8, 4) is 0 Å². The van der Waals surface area contributed by atoms with E-state index in [1.54, 1.807) is 6.92 Å². The summed E-state index contributed by atoms with van der Waals surface area (Å²) in [5.74, 6) is 2.37. The maximum atomic E-state index is 11.8. The molecule has 110 valence electrons. The van der Waals surface area contributed by atoms with Crippen LogP contribution in [0.15, 0.2) is 0 Å². The van der Waals surface area contributed by atoms with Crippen LogP contribution in [0, 0.1) is 17.3 Å². The second kappa shape index (κ2) is 5.03. The Morgan fingerprint density at radius 2 is 2.00 bits per heavy atom. The number of fused-ring (bicyclic) bond motifs is 2. The number of hydrogen-bond donors (Lipinski definition) is 1. The number of nitrogens with one attached hydrogen (secondary N) is 1. The molecule has 0 spiro atoms. The third-order valence-corrected chi connectivity index (χ3v) is 7.48. The lowest BCUT2D eigenvalue weighted by atomic mass is 9.71. The van der Waals surface area contributed by atoms with E-state index < -0.39 is 9.84 Å². The van der Waals surface area contributed by atoms with Crippen LogP contribution in [-0.4, -0.2) is 32.5 Å². The van der Waals surface area contributed by atoms with Crippen molar-refractivity contribution in [2.24, 2.45) is 17.3 Å². The third kappa shape index (κ3) is 2.99. The van der Waals surface area contributed by atoms with Crippen molar-refractivity contribution in [1.82, 2.24) is 5.32 Å². The summed E-state index contributed by atoms with van der Waals surface area (Å²) < 4.78 is 23.7. The molecule has 3 fully saturated rings. The highest BCUT2D eigenvalue weighted by Gasteiger charge is 2.50. The van der Waals surface area contributed by atoms with Crippen molar-refractivity contribution in [2.75, 3.05) is 18.1 Å². The molecule has 0 heterocycles. The fourth-order valence-corrected chi connectivity index (χ4v) is 5.31. The molecule has 2 bridgehead atoms. The van der Waals surface area contributed by atoms with E-state index in [9.17, 15) is 8.42 Å². The summed E-state index contributed by atoms with van der Waals surface area (Å²) in [4.78, 5) is 0. The molecule has 3 rings (SSSR count). The fraction of sp³-hybridized carbons (Fsp3) is 1.00. The molecule has 0 aromatic carbocycles. The van der Waals surface area contributed by atoms with Crippen LogP contribution in [0.5, 0.6) is 0 Å². The number of hydrogen-bond acceptors (Lipinski definition) is 3. The van der Waals surface area contributed by atoms with Crippen molar-refractivity contribution < 1.29 is 8.42 Å². The van der Waals surface area contributed by atoms with Gasteiger partial charge in [0.15, 0.2) is 0 Å². The van der Waals surface area contributed by atoms with Gasteiger partial charge in [-0.25, -0.2) is 8.42 Å². The van der Waals surface area contributed by atoms with Crippen LogP contribution in [-0.2, 0) is 9.84 Å². The second-order valence-corrected chi connectivity index (χ2v) is 9.56. The molecule has 1 N–H and O–H groups in total. The molecule has 3 aliphatic rings. The van der Waals surface area contributed by atoms with Gasteiger partial charge in [0, 0.05) is 18.3 Å². The predicted molar refractivity (Wildman–Crippen MR) is 77.9 cm³/mol. The summed E-state index contributed by atoms with van der Waals surface area (Å²) in [5, 5.41) is 3.68. The molecule has 4 heteroatoms. The van der Waals surface area contributed by atoms with E-state index in [1.165, 1.54) is 38.5 Å². The first-order valence-electron chi connectivity index (χ1n) is 7.97. The standard InChI is InChI=1S/C15H27NO2S/c1-2-19(17,18)8-7-15(11-16-14-5-6-14)10-12-3-4-13(15)9-12/h12-14,16H,2-11H2,1H3. The fourth-order valence-electron chi connectivity index (χ4n) is 4.31. The normalized spacial score (nSPS) is 37.9. The van der Waals surface area contributed by atoms with Gasteiger partial charge >= 0.3 is 0 Å². The average molecular weight is 285 g/mol. The van der Waals surface area contributed by atoms with Gasteiger partial charge in [0.25, 0.3) is 0 Å². The van der Waals surface area contributed by atoms with E-state index in [4.69, 9.17) is 0 Å². The quantitative estimate of drug-likeness (QED) is 0.781. The van der Waals surface area contributed by atoms with Crippen LogP contribution in [0.4, 0.5) is 0 Å². The first kappa shape index (κ1) is 13.9. The first-order valence-corrected chi connectivity index (χ1v) is 9.79. The monoisotopic (exact) mass is 285 g/mol. The lowest BCUT2D eigenvalue weighted by Crippen LogP contribution is -2.41. The highest BCUT2D eigenvalue weighted by atomic mass is 32.2. The summed E-state index contributed by atoms with van der Waals surface area (Å²) >= 11 is 0. The van der Waals surface area contributed by atoms with Gasteiger partial charge < -0.3 is 5.32 Å². The van der Waals surface area contributed by atoms with E-state index in [-0.39, 0.29) is 0 Å². The van der Waals surface area contributed by atoms with Crippen LogP contribution < -0.4 is 5.32 Å². The van der Waals surface area contributed by atoms with Gasteiger partial charge in [0.2, 0.25) is 0 Å². The molecule has 3 atom stereocenters. The molecule has 0 saturated heterocycles. The molecule has 19 heavy (non-hydrogen) atoms. The number of rotatable bonds is 7. The summed E-state index contributed by atoms with van der Waals surface area (Å²) in [6.45, 7) is 2.84. The van der Waals surface area contributed by atoms with E-state index >= 15 is 0 Å². The zero-order valence-corrected chi connectivity index (χ0v) is 12.8. The molecular weight excluding hydrogens is 258 g/mol. The van der Waals surface area contributed by atoms with Crippen LogP contribution >= 0.6 is 0 Å². The maximum Gasteiger partial charge on any atom is 0.150 e. The van der Waals surface area contributed by atoms with Gasteiger partial charge in [0.05, 0.1) is 5.75 Å². The van der Waals surface area contributed by atoms with Gasteiger partial charge in [-0.1, -0.05) is 13.3 Å². The zero-order chi connectivity index (χ0) is 13.5. The van der Waals surface area contributed by atoms with Crippen molar-refractivity contribution in [3.63, 3.8) is 0 Å². The Hall–Kier alpha value is -0.0900. The Morgan fingerprint density at radius 1 is 1.21 bits per heavy atom. The van der Waals surface area contributed by atoms with E-state index in [1.807, 2.05) is 0 Å². The number of sulfone groups is 1. The Labute approximate surface area is 117 Å². The zero-order valence-electron chi connectivity index (χ0n) is 12.0. The first-order chi connectivity index (χ1) is 9.03.